The van der Waals surface area contributed by atoms with Crippen LogP contribution < -0.4 is 0 Å². The third-order valence-corrected chi connectivity index (χ3v) is 4.15. The lowest BCUT2D eigenvalue weighted by Crippen LogP contribution is -2.30. The smallest absolute Gasteiger partial charge is 0.433 e. The quantitative estimate of drug-likeness (QED) is 0.479. The Labute approximate surface area is 123 Å². The fraction of sp³-hybridized carbons (Fsp3) is 0.667. The minimum absolute atomic E-state index is 0.111. The molecule has 6 nitrogen and oxygen atoms in total. The van der Waals surface area contributed by atoms with Crippen molar-refractivity contribution in [3.8, 4) is 0 Å². The van der Waals surface area contributed by atoms with E-state index in [2.05, 4.69) is 20.8 Å². The third-order valence-electron chi connectivity index (χ3n) is 4.15. The molecule has 0 saturated heterocycles. The fourth-order valence-corrected chi connectivity index (χ4v) is 2.79. The van der Waals surface area contributed by atoms with Crippen molar-refractivity contribution in [2.45, 2.75) is 52.6 Å². The van der Waals surface area contributed by atoms with Crippen molar-refractivity contribution in [3.63, 3.8) is 0 Å². The molecule has 116 valence electrons. The number of furan rings is 1. The van der Waals surface area contributed by atoms with Crippen LogP contribution in [0.25, 0.3) is 0 Å². The highest BCUT2D eigenvalue weighted by Crippen LogP contribution is 2.38. The van der Waals surface area contributed by atoms with Gasteiger partial charge in [0.05, 0.1) is 6.07 Å². The summed E-state index contributed by atoms with van der Waals surface area (Å²) in [5.41, 5.74) is 0.274. The number of carbonyl (C=O) groups is 1. The summed E-state index contributed by atoms with van der Waals surface area (Å²) in [5, 5.41) is 10.5. The molecule has 1 aliphatic carbocycles. The predicted molar refractivity (Wildman–Crippen MR) is 76.0 cm³/mol. The molecule has 0 bridgehead atoms. The van der Waals surface area contributed by atoms with Gasteiger partial charge in [0.2, 0.25) is 5.76 Å². The van der Waals surface area contributed by atoms with Crippen molar-refractivity contribution in [2.75, 3.05) is 0 Å². The number of nitro groups is 1. The zero-order valence-electron chi connectivity index (χ0n) is 12.6. The topological polar surface area (TPSA) is 82.6 Å². The van der Waals surface area contributed by atoms with E-state index in [1.807, 2.05) is 0 Å². The van der Waals surface area contributed by atoms with Gasteiger partial charge in [-0.1, -0.05) is 20.8 Å². The van der Waals surface area contributed by atoms with Crippen molar-refractivity contribution in [2.24, 2.45) is 11.3 Å². The highest BCUT2D eigenvalue weighted by molar-refractivity contribution is 5.86. The van der Waals surface area contributed by atoms with E-state index in [9.17, 15) is 14.9 Å². The fourth-order valence-electron chi connectivity index (χ4n) is 2.79. The highest BCUT2D eigenvalue weighted by atomic mass is 16.7. The lowest BCUT2D eigenvalue weighted by Gasteiger charge is -2.36. The molecule has 0 amide bonds. The molecular weight excluding hydrogens is 274 g/mol. The number of carbonyl (C=O) groups excluding carboxylic acids is 1. The summed E-state index contributed by atoms with van der Waals surface area (Å²) in [6.07, 6.45) is 3.59. The Kier molecular flexibility index (Phi) is 4.34. The third kappa shape index (κ3) is 3.83. The van der Waals surface area contributed by atoms with Crippen LogP contribution in [0.4, 0.5) is 5.88 Å². The molecule has 2 rings (SSSR count). The van der Waals surface area contributed by atoms with Gasteiger partial charge in [0, 0.05) is 0 Å². The summed E-state index contributed by atoms with van der Waals surface area (Å²) in [7, 11) is 0. The van der Waals surface area contributed by atoms with Crippen LogP contribution in [-0.2, 0) is 4.74 Å². The minimum Gasteiger partial charge on any atom is -0.457 e. The SMILES string of the molecule is CC(C)(C)C1CCC(OC(=O)c2ccc([N+](=O)[O-])o2)CC1. The molecular formula is C15H21NO5. The summed E-state index contributed by atoms with van der Waals surface area (Å²) in [4.78, 5) is 21.7. The van der Waals surface area contributed by atoms with E-state index in [0.29, 0.717) is 5.92 Å². The summed E-state index contributed by atoms with van der Waals surface area (Å²) >= 11 is 0. The molecule has 1 fully saturated rings. The molecule has 0 aliphatic heterocycles. The van der Waals surface area contributed by atoms with E-state index in [1.165, 1.54) is 6.07 Å². The lowest BCUT2D eigenvalue weighted by atomic mass is 9.72. The van der Waals surface area contributed by atoms with Crippen molar-refractivity contribution in [1.29, 1.82) is 0 Å². The van der Waals surface area contributed by atoms with E-state index in [4.69, 9.17) is 9.15 Å². The molecule has 1 saturated carbocycles. The second kappa shape index (κ2) is 5.87. The van der Waals surface area contributed by atoms with Crippen LogP contribution in [-0.4, -0.2) is 17.0 Å². The van der Waals surface area contributed by atoms with Gasteiger partial charge in [-0.15, -0.1) is 0 Å². The van der Waals surface area contributed by atoms with Gasteiger partial charge in [-0.05, 0) is 43.1 Å². The van der Waals surface area contributed by atoms with Gasteiger partial charge < -0.3 is 9.15 Å². The Morgan fingerprint density at radius 1 is 1.29 bits per heavy atom. The molecule has 6 heteroatoms. The zero-order valence-corrected chi connectivity index (χ0v) is 12.6. The van der Waals surface area contributed by atoms with Crippen LogP contribution in [0.2, 0.25) is 0 Å². The van der Waals surface area contributed by atoms with Crippen LogP contribution in [0.1, 0.15) is 57.0 Å². The lowest BCUT2D eigenvalue weighted by molar-refractivity contribution is -0.402. The molecule has 1 aromatic heterocycles. The van der Waals surface area contributed by atoms with Gasteiger partial charge in [0.1, 0.15) is 11.0 Å². The average Bonchev–Trinajstić information content (AvgIpc) is 2.88. The van der Waals surface area contributed by atoms with Crippen molar-refractivity contribution in [3.05, 3.63) is 28.0 Å². The van der Waals surface area contributed by atoms with E-state index < -0.39 is 16.8 Å². The maximum atomic E-state index is 11.9. The van der Waals surface area contributed by atoms with Gasteiger partial charge in [0.15, 0.2) is 0 Å². The van der Waals surface area contributed by atoms with Crippen LogP contribution in [0.3, 0.4) is 0 Å². The number of hydrogen-bond donors (Lipinski definition) is 0. The molecule has 0 spiro atoms. The normalized spacial score (nSPS) is 22.8. The highest BCUT2D eigenvalue weighted by Gasteiger charge is 2.31. The Morgan fingerprint density at radius 2 is 1.90 bits per heavy atom. The first-order chi connectivity index (χ1) is 9.77. The molecule has 21 heavy (non-hydrogen) atoms. The van der Waals surface area contributed by atoms with Crippen molar-refractivity contribution in [1.82, 2.24) is 0 Å². The van der Waals surface area contributed by atoms with Gasteiger partial charge in [0.25, 0.3) is 0 Å². The first-order valence-corrected chi connectivity index (χ1v) is 7.22. The zero-order chi connectivity index (χ0) is 15.6. The van der Waals surface area contributed by atoms with Crippen molar-refractivity contribution < 1.29 is 18.9 Å². The Hall–Kier alpha value is -1.85. The monoisotopic (exact) mass is 295 g/mol. The molecule has 0 unspecified atom stereocenters. The first-order valence-electron chi connectivity index (χ1n) is 7.22. The Morgan fingerprint density at radius 3 is 2.38 bits per heavy atom. The van der Waals surface area contributed by atoms with E-state index >= 15 is 0 Å². The van der Waals surface area contributed by atoms with Crippen LogP contribution in [0.5, 0.6) is 0 Å². The summed E-state index contributed by atoms with van der Waals surface area (Å²) in [6.45, 7) is 6.68. The molecule has 0 N–H and O–H groups in total. The summed E-state index contributed by atoms with van der Waals surface area (Å²) in [5.74, 6) is -0.544. The maximum Gasteiger partial charge on any atom is 0.433 e. The number of nitrogens with zero attached hydrogens (tertiary/aromatic N) is 1. The van der Waals surface area contributed by atoms with Gasteiger partial charge in [-0.25, -0.2) is 4.79 Å². The van der Waals surface area contributed by atoms with Crippen molar-refractivity contribution >= 4 is 11.9 Å². The van der Waals surface area contributed by atoms with E-state index in [1.54, 1.807) is 0 Å². The second-order valence-corrected chi connectivity index (χ2v) is 6.64. The molecule has 0 atom stereocenters. The predicted octanol–water partition coefficient (Wildman–Crippen LogP) is 3.95. The number of esters is 1. The van der Waals surface area contributed by atoms with E-state index in [0.717, 1.165) is 31.7 Å². The minimum atomic E-state index is -0.675. The first kappa shape index (κ1) is 15.5. The number of rotatable bonds is 3. The summed E-state index contributed by atoms with van der Waals surface area (Å²) < 4.78 is 10.2. The standard InChI is InChI=1S/C15H21NO5/c1-15(2,3)10-4-6-11(7-5-10)20-14(17)12-8-9-13(21-12)16(18)19/h8-11H,4-7H2,1-3H3. The molecule has 0 radical (unpaired) electrons. The summed E-state index contributed by atoms with van der Waals surface area (Å²) in [6, 6.07) is 2.44. The van der Waals surface area contributed by atoms with Gasteiger partial charge in [-0.3, -0.25) is 10.1 Å². The number of hydrogen-bond acceptors (Lipinski definition) is 5. The van der Waals surface area contributed by atoms with Crippen LogP contribution in [0.15, 0.2) is 16.5 Å². The van der Waals surface area contributed by atoms with Crippen LogP contribution in [0, 0.1) is 21.4 Å². The van der Waals surface area contributed by atoms with E-state index in [-0.39, 0.29) is 17.3 Å². The Balaban J connectivity index is 1.88. The maximum absolute atomic E-state index is 11.9. The average molecular weight is 295 g/mol. The molecule has 1 aliphatic rings. The van der Waals surface area contributed by atoms with Gasteiger partial charge in [-0.2, -0.15) is 0 Å². The largest absolute Gasteiger partial charge is 0.457 e. The molecule has 1 heterocycles. The number of ether oxygens (including phenoxy) is 1. The Bertz CT molecular complexity index is 520. The molecule has 0 aromatic carbocycles. The second-order valence-electron chi connectivity index (χ2n) is 6.64. The van der Waals surface area contributed by atoms with Crippen LogP contribution >= 0.6 is 0 Å². The van der Waals surface area contributed by atoms with Gasteiger partial charge >= 0.3 is 11.9 Å². The molecule has 1 aromatic rings.